The molecule has 0 saturated heterocycles. The quantitative estimate of drug-likeness (QED) is 0.808. The molecule has 2 aromatic rings. The second-order valence-corrected chi connectivity index (χ2v) is 6.89. The van der Waals surface area contributed by atoms with E-state index in [-0.39, 0.29) is 29.0 Å². The fourth-order valence-electron chi connectivity index (χ4n) is 2.23. The van der Waals surface area contributed by atoms with Gasteiger partial charge in [-0.2, -0.15) is 0 Å². The lowest BCUT2D eigenvalue weighted by Crippen LogP contribution is -2.31. The summed E-state index contributed by atoms with van der Waals surface area (Å²) < 4.78 is 12.1. The van der Waals surface area contributed by atoms with Crippen molar-refractivity contribution in [2.75, 3.05) is 5.75 Å². The molecular formula is C18H19NO4S. The van der Waals surface area contributed by atoms with Gasteiger partial charge in [-0.25, -0.2) is 4.79 Å². The molecule has 2 unspecified atom stereocenters. The average Bonchev–Trinajstić information content (AvgIpc) is 2.55. The van der Waals surface area contributed by atoms with E-state index in [9.17, 15) is 13.8 Å². The van der Waals surface area contributed by atoms with E-state index in [0.717, 1.165) is 11.1 Å². The van der Waals surface area contributed by atoms with Gasteiger partial charge >= 0.3 is 5.97 Å². The molecule has 2 atom stereocenters. The number of nitrogens with one attached hydrogen (secondary N) is 1. The van der Waals surface area contributed by atoms with Crippen molar-refractivity contribution in [2.45, 2.75) is 18.7 Å². The Morgan fingerprint density at radius 2 is 1.71 bits per heavy atom. The van der Waals surface area contributed by atoms with E-state index in [1.807, 2.05) is 37.3 Å². The van der Waals surface area contributed by atoms with Gasteiger partial charge in [-0.3, -0.25) is 9.00 Å². The maximum atomic E-state index is 12.1. The fourth-order valence-corrected chi connectivity index (χ4v) is 3.28. The minimum atomic E-state index is -1.35. The highest BCUT2D eigenvalue weighted by atomic mass is 32.2. The van der Waals surface area contributed by atoms with E-state index in [0.29, 0.717) is 0 Å². The van der Waals surface area contributed by atoms with Gasteiger partial charge in [0.2, 0.25) is 5.91 Å². The highest BCUT2D eigenvalue weighted by Crippen LogP contribution is 2.11. The summed E-state index contributed by atoms with van der Waals surface area (Å²) in [5.41, 5.74) is 1.90. The summed E-state index contributed by atoms with van der Waals surface area (Å²) in [5, 5.41) is 11.7. The molecule has 0 fully saturated rings. The van der Waals surface area contributed by atoms with Crippen LogP contribution in [0.3, 0.4) is 0 Å². The second-order valence-electron chi connectivity index (χ2n) is 5.43. The van der Waals surface area contributed by atoms with E-state index in [2.05, 4.69) is 5.32 Å². The predicted octanol–water partition coefficient (Wildman–Crippen LogP) is 2.51. The van der Waals surface area contributed by atoms with Crippen molar-refractivity contribution in [2.24, 2.45) is 0 Å². The Morgan fingerprint density at radius 3 is 2.29 bits per heavy atom. The van der Waals surface area contributed by atoms with Crippen LogP contribution in [-0.4, -0.2) is 26.9 Å². The zero-order valence-corrected chi connectivity index (χ0v) is 14.1. The van der Waals surface area contributed by atoms with Crippen molar-refractivity contribution < 1.29 is 18.9 Å². The summed E-state index contributed by atoms with van der Waals surface area (Å²) in [6.07, 6.45) is 0. The summed E-state index contributed by atoms with van der Waals surface area (Å²) in [7, 11) is -1.35. The van der Waals surface area contributed by atoms with Crippen LogP contribution < -0.4 is 5.32 Å². The van der Waals surface area contributed by atoms with E-state index in [1.165, 1.54) is 12.1 Å². The predicted molar refractivity (Wildman–Crippen MR) is 93.1 cm³/mol. The monoisotopic (exact) mass is 345 g/mol. The standard InChI is InChI=1S/C18H19NO4S/c1-13(15-5-3-2-4-6-15)19-17(20)12-24(23)11-14-7-9-16(10-8-14)18(21)22/h2-10,13H,11-12H2,1H3,(H,19,20)(H,21,22). The third-order valence-electron chi connectivity index (χ3n) is 3.50. The van der Waals surface area contributed by atoms with E-state index in [4.69, 9.17) is 5.11 Å². The molecule has 0 heterocycles. The highest BCUT2D eigenvalue weighted by Gasteiger charge is 2.13. The van der Waals surface area contributed by atoms with E-state index >= 15 is 0 Å². The smallest absolute Gasteiger partial charge is 0.335 e. The Labute approximate surface area is 143 Å². The lowest BCUT2D eigenvalue weighted by Gasteiger charge is -2.14. The lowest BCUT2D eigenvalue weighted by atomic mass is 10.1. The van der Waals surface area contributed by atoms with Crippen molar-refractivity contribution in [3.8, 4) is 0 Å². The largest absolute Gasteiger partial charge is 0.478 e. The summed E-state index contributed by atoms with van der Waals surface area (Å²) in [5.74, 6) is -1.14. The summed E-state index contributed by atoms with van der Waals surface area (Å²) in [4.78, 5) is 22.8. The molecule has 1 amide bonds. The van der Waals surface area contributed by atoms with Crippen molar-refractivity contribution in [3.05, 3.63) is 71.3 Å². The third kappa shape index (κ3) is 5.31. The molecule has 0 aliphatic carbocycles. The maximum Gasteiger partial charge on any atom is 0.335 e. The Hall–Kier alpha value is -2.47. The van der Waals surface area contributed by atoms with Crippen LogP contribution in [0.1, 0.15) is 34.5 Å². The van der Waals surface area contributed by atoms with Crippen LogP contribution in [0.5, 0.6) is 0 Å². The van der Waals surface area contributed by atoms with E-state index < -0.39 is 16.8 Å². The normalized spacial score (nSPS) is 13.0. The molecule has 2 rings (SSSR count). The van der Waals surface area contributed by atoms with Crippen LogP contribution in [0.15, 0.2) is 54.6 Å². The molecule has 6 heteroatoms. The minimum absolute atomic E-state index is 0.0855. The van der Waals surface area contributed by atoms with Gasteiger partial charge in [0.1, 0.15) is 5.75 Å². The van der Waals surface area contributed by atoms with Gasteiger partial charge in [0.15, 0.2) is 0 Å². The Kier molecular flexibility index (Phi) is 6.26. The number of amides is 1. The molecule has 0 radical (unpaired) electrons. The van der Waals surface area contributed by atoms with Gasteiger partial charge in [0.05, 0.1) is 11.6 Å². The lowest BCUT2D eigenvalue weighted by molar-refractivity contribution is -0.119. The van der Waals surface area contributed by atoms with Crippen LogP contribution in [0.4, 0.5) is 0 Å². The number of benzene rings is 2. The number of hydrogen-bond donors (Lipinski definition) is 2. The molecular weight excluding hydrogens is 326 g/mol. The van der Waals surface area contributed by atoms with Crippen molar-refractivity contribution in [1.82, 2.24) is 5.32 Å². The highest BCUT2D eigenvalue weighted by molar-refractivity contribution is 7.84. The van der Waals surface area contributed by atoms with Crippen LogP contribution >= 0.6 is 0 Å². The maximum absolute atomic E-state index is 12.1. The Balaban J connectivity index is 1.85. The van der Waals surface area contributed by atoms with E-state index in [1.54, 1.807) is 12.1 Å². The number of hydrogen-bond acceptors (Lipinski definition) is 3. The molecule has 0 aliphatic heterocycles. The van der Waals surface area contributed by atoms with Crippen LogP contribution in [0.2, 0.25) is 0 Å². The molecule has 2 aromatic carbocycles. The van der Waals surface area contributed by atoms with Crippen molar-refractivity contribution in [1.29, 1.82) is 0 Å². The van der Waals surface area contributed by atoms with Gasteiger partial charge in [0, 0.05) is 16.6 Å². The van der Waals surface area contributed by atoms with Crippen molar-refractivity contribution >= 4 is 22.7 Å². The molecule has 5 nitrogen and oxygen atoms in total. The van der Waals surface area contributed by atoms with Gasteiger partial charge < -0.3 is 10.4 Å². The molecule has 0 saturated carbocycles. The number of rotatable bonds is 7. The summed E-state index contributed by atoms with van der Waals surface area (Å²) in [6, 6.07) is 15.6. The Morgan fingerprint density at radius 1 is 1.08 bits per heavy atom. The van der Waals surface area contributed by atoms with Crippen LogP contribution in [0.25, 0.3) is 0 Å². The van der Waals surface area contributed by atoms with Crippen LogP contribution in [0, 0.1) is 0 Å². The number of carbonyl (C=O) groups is 2. The van der Waals surface area contributed by atoms with Gasteiger partial charge in [0.25, 0.3) is 0 Å². The van der Waals surface area contributed by atoms with Crippen LogP contribution in [-0.2, 0) is 21.3 Å². The molecule has 0 aliphatic rings. The SMILES string of the molecule is CC(NC(=O)CS(=O)Cc1ccc(C(=O)O)cc1)c1ccccc1. The molecule has 0 spiro atoms. The third-order valence-corrected chi connectivity index (χ3v) is 4.74. The minimum Gasteiger partial charge on any atom is -0.478 e. The van der Waals surface area contributed by atoms with Gasteiger partial charge in [-0.15, -0.1) is 0 Å². The Bertz CT molecular complexity index is 728. The van der Waals surface area contributed by atoms with Gasteiger partial charge in [-0.1, -0.05) is 42.5 Å². The molecule has 126 valence electrons. The molecule has 0 aromatic heterocycles. The second kappa shape index (κ2) is 8.40. The first-order valence-electron chi connectivity index (χ1n) is 7.47. The van der Waals surface area contributed by atoms with Gasteiger partial charge in [-0.05, 0) is 30.2 Å². The first-order chi connectivity index (χ1) is 11.5. The molecule has 0 bridgehead atoms. The molecule has 24 heavy (non-hydrogen) atoms. The first kappa shape index (κ1) is 17.9. The number of carboxylic acid groups (broad SMARTS) is 1. The average molecular weight is 345 g/mol. The fraction of sp³-hybridized carbons (Fsp3) is 0.222. The first-order valence-corrected chi connectivity index (χ1v) is 8.96. The zero-order chi connectivity index (χ0) is 17.5. The number of carbonyl (C=O) groups excluding carboxylic acids is 1. The van der Waals surface area contributed by atoms with Crippen molar-refractivity contribution in [3.63, 3.8) is 0 Å². The zero-order valence-electron chi connectivity index (χ0n) is 13.3. The number of carboxylic acids is 1. The summed E-state index contributed by atoms with van der Waals surface area (Å²) >= 11 is 0. The molecule has 2 N–H and O–H groups in total. The number of aromatic carboxylic acids is 1. The topological polar surface area (TPSA) is 83.5 Å². The summed E-state index contributed by atoms with van der Waals surface area (Å²) in [6.45, 7) is 1.88.